The maximum atomic E-state index is 12.8. The Morgan fingerprint density at radius 3 is 2.56 bits per heavy atom. The van der Waals surface area contributed by atoms with Gasteiger partial charge in [0.2, 0.25) is 0 Å². The molecule has 0 unspecified atom stereocenters. The number of anilines is 2. The molecular formula is C18H22N4O2S. The highest BCUT2D eigenvalue weighted by Gasteiger charge is 2.48. The van der Waals surface area contributed by atoms with Crippen LogP contribution in [0.15, 0.2) is 48.5 Å². The molecule has 2 saturated heterocycles. The number of pyridine rings is 1. The van der Waals surface area contributed by atoms with E-state index in [0.29, 0.717) is 12.4 Å². The van der Waals surface area contributed by atoms with Crippen LogP contribution in [0.5, 0.6) is 0 Å². The van der Waals surface area contributed by atoms with Crippen LogP contribution in [0.3, 0.4) is 0 Å². The van der Waals surface area contributed by atoms with E-state index in [2.05, 4.69) is 26.7 Å². The van der Waals surface area contributed by atoms with Gasteiger partial charge in [-0.15, -0.1) is 0 Å². The van der Waals surface area contributed by atoms with Gasteiger partial charge in [0.1, 0.15) is 5.82 Å². The molecule has 2 fully saturated rings. The number of nitrogens with zero attached hydrogens (tertiary/aromatic N) is 3. The van der Waals surface area contributed by atoms with Crippen LogP contribution in [0.1, 0.15) is 19.0 Å². The number of nitrogens with one attached hydrogen (secondary N) is 1. The first kappa shape index (κ1) is 16.4. The van der Waals surface area contributed by atoms with Crippen LogP contribution in [-0.2, 0) is 16.6 Å². The van der Waals surface area contributed by atoms with Gasteiger partial charge in [0.15, 0.2) is 0 Å². The second kappa shape index (κ2) is 6.31. The van der Waals surface area contributed by atoms with E-state index in [4.69, 9.17) is 0 Å². The minimum Gasteiger partial charge on any atom is -0.366 e. The summed E-state index contributed by atoms with van der Waals surface area (Å²) in [6.07, 6.45) is 1.65. The average Bonchev–Trinajstić information content (AvgIpc) is 3.23. The Bertz CT molecular complexity index is 856. The van der Waals surface area contributed by atoms with Crippen LogP contribution in [0.25, 0.3) is 0 Å². The van der Waals surface area contributed by atoms with Crippen LogP contribution in [0, 0.1) is 0 Å². The minimum absolute atomic E-state index is 0.0112. The van der Waals surface area contributed by atoms with Gasteiger partial charge in [0.25, 0.3) is 0 Å². The Balaban J connectivity index is 1.48. The highest BCUT2D eigenvalue weighted by atomic mass is 32.2. The maximum absolute atomic E-state index is 12.8. The number of fused-ring (bicyclic) bond motifs is 2. The van der Waals surface area contributed by atoms with Crippen molar-refractivity contribution in [3.63, 3.8) is 0 Å². The molecule has 2 bridgehead atoms. The summed E-state index contributed by atoms with van der Waals surface area (Å²) in [5.74, 6) is 0.391. The van der Waals surface area contributed by atoms with Gasteiger partial charge in [-0.3, -0.25) is 4.72 Å². The Morgan fingerprint density at radius 1 is 1.08 bits per heavy atom. The standard InChI is InChI=1S/C18H22N4O2S/c1-2-14-7-6-10-18(19-14)20-25(23,24)22-13-16-11-17(22)12-21(16)15-8-4-3-5-9-15/h3-10,16-17H,2,11-13H2,1H3,(H,19,20)/t16-,17-/m0/s1. The van der Waals surface area contributed by atoms with Crippen molar-refractivity contribution >= 4 is 21.7 Å². The highest BCUT2D eigenvalue weighted by Crippen LogP contribution is 2.36. The van der Waals surface area contributed by atoms with Crippen molar-refractivity contribution in [1.82, 2.24) is 9.29 Å². The Kier molecular flexibility index (Phi) is 4.13. The molecule has 2 aliphatic heterocycles. The summed E-state index contributed by atoms with van der Waals surface area (Å²) in [5.41, 5.74) is 2.04. The third-order valence-electron chi connectivity index (χ3n) is 4.99. The Labute approximate surface area is 148 Å². The summed E-state index contributed by atoms with van der Waals surface area (Å²) in [5, 5.41) is 0. The second-order valence-electron chi connectivity index (χ2n) is 6.58. The highest BCUT2D eigenvalue weighted by molar-refractivity contribution is 7.90. The first-order chi connectivity index (χ1) is 12.1. The Hall–Kier alpha value is -2.12. The molecule has 132 valence electrons. The molecule has 2 atom stereocenters. The van der Waals surface area contributed by atoms with Crippen molar-refractivity contribution in [2.45, 2.75) is 31.8 Å². The molecular weight excluding hydrogens is 336 g/mol. The Morgan fingerprint density at radius 2 is 1.88 bits per heavy atom. The fraction of sp³-hybridized carbons (Fsp3) is 0.389. The summed E-state index contributed by atoms with van der Waals surface area (Å²) in [6.45, 7) is 3.25. The van der Waals surface area contributed by atoms with Gasteiger partial charge in [-0.1, -0.05) is 31.2 Å². The van der Waals surface area contributed by atoms with Gasteiger partial charge in [-0.25, -0.2) is 4.98 Å². The number of hydrogen-bond acceptors (Lipinski definition) is 4. The van der Waals surface area contributed by atoms with Gasteiger partial charge in [-0.2, -0.15) is 12.7 Å². The summed E-state index contributed by atoms with van der Waals surface area (Å²) in [6, 6.07) is 15.9. The quantitative estimate of drug-likeness (QED) is 0.890. The normalized spacial score (nSPS) is 23.2. The lowest BCUT2D eigenvalue weighted by Gasteiger charge is -2.34. The minimum atomic E-state index is -3.58. The molecule has 7 heteroatoms. The molecule has 25 heavy (non-hydrogen) atoms. The first-order valence-electron chi connectivity index (χ1n) is 8.64. The van der Waals surface area contributed by atoms with Crippen molar-refractivity contribution < 1.29 is 8.42 Å². The molecule has 1 N–H and O–H groups in total. The molecule has 0 aliphatic carbocycles. The fourth-order valence-corrected chi connectivity index (χ4v) is 5.19. The number of rotatable bonds is 5. The van der Waals surface area contributed by atoms with Gasteiger partial charge in [-0.05, 0) is 37.1 Å². The molecule has 1 aromatic heterocycles. The first-order valence-corrected chi connectivity index (χ1v) is 10.1. The predicted octanol–water partition coefficient (Wildman–Crippen LogP) is 2.26. The van der Waals surface area contributed by atoms with E-state index < -0.39 is 10.2 Å². The van der Waals surface area contributed by atoms with Crippen LogP contribution >= 0.6 is 0 Å². The largest absolute Gasteiger partial charge is 0.366 e. The second-order valence-corrected chi connectivity index (χ2v) is 8.20. The van der Waals surface area contributed by atoms with E-state index in [1.165, 1.54) is 0 Å². The van der Waals surface area contributed by atoms with E-state index in [1.807, 2.05) is 37.3 Å². The van der Waals surface area contributed by atoms with E-state index in [9.17, 15) is 8.42 Å². The summed E-state index contributed by atoms with van der Waals surface area (Å²) < 4.78 is 29.8. The van der Waals surface area contributed by atoms with Crippen molar-refractivity contribution in [3.8, 4) is 0 Å². The molecule has 0 spiro atoms. The lowest BCUT2D eigenvalue weighted by Crippen LogP contribution is -2.50. The number of hydrogen-bond donors (Lipinski definition) is 1. The monoisotopic (exact) mass is 358 g/mol. The molecule has 0 amide bonds. The van der Waals surface area contributed by atoms with Gasteiger partial charge >= 0.3 is 10.2 Å². The van der Waals surface area contributed by atoms with Crippen molar-refractivity contribution in [2.75, 3.05) is 22.7 Å². The van der Waals surface area contributed by atoms with Crippen molar-refractivity contribution in [3.05, 3.63) is 54.2 Å². The third kappa shape index (κ3) is 3.09. The van der Waals surface area contributed by atoms with Crippen molar-refractivity contribution in [2.24, 2.45) is 0 Å². The van der Waals surface area contributed by atoms with E-state index in [1.54, 1.807) is 10.4 Å². The molecule has 4 rings (SSSR count). The molecule has 0 saturated carbocycles. The molecule has 2 aliphatic rings. The zero-order chi connectivity index (χ0) is 17.4. The number of piperazine rings is 1. The number of para-hydroxylation sites is 1. The summed E-state index contributed by atoms with van der Waals surface area (Å²) >= 11 is 0. The molecule has 1 aromatic carbocycles. The van der Waals surface area contributed by atoms with Gasteiger partial charge in [0, 0.05) is 36.6 Å². The van der Waals surface area contributed by atoms with E-state index in [0.717, 1.165) is 30.8 Å². The summed E-state index contributed by atoms with van der Waals surface area (Å²) in [4.78, 5) is 6.66. The smallest absolute Gasteiger partial charge is 0.303 e. The van der Waals surface area contributed by atoms with Crippen LogP contribution in [0.4, 0.5) is 11.5 Å². The number of benzene rings is 1. The molecule has 6 nitrogen and oxygen atoms in total. The predicted molar refractivity (Wildman–Crippen MR) is 98.8 cm³/mol. The number of aryl methyl sites for hydroxylation is 1. The zero-order valence-electron chi connectivity index (χ0n) is 14.2. The van der Waals surface area contributed by atoms with Crippen LogP contribution in [-0.4, -0.2) is 42.9 Å². The lowest BCUT2D eigenvalue weighted by atomic mass is 10.2. The average molecular weight is 358 g/mol. The lowest BCUT2D eigenvalue weighted by molar-refractivity contribution is 0.371. The van der Waals surface area contributed by atoms with Crippen LogP contribution in [0.2, 0.25) is 0 Å². The SMILES string of the molecule is CCc1cccc(NS(=O)(=O)N2C[C@@H]3C[C@H]2CN3c2ccccc2)n1. The third-order valence-corrected chi connectivity index (χ3v) is 6.52. The van der Waals surface area contributed by atoms with Gasteiger partial charge < -0.3 is 4.90 Å². The van der Waals surface area contributed by atoms with Crippen LogP contribution < -0.4 is 9.62 Å². The molecule has 2 aromatic rings. The zero-order valence-corrected chi connectivity index (χ0v) is 15.0. The van der Waals surface area contributed by atoms with Gasteiger partial charge in [0.05, 0.1) is 0 Å². The maximum Gasteiger partial charge on any atom is 0.303 e. The topological polar surface area (TPSA) is 65.5 Å². The number of aromatic nitrogens is 1. The van der Waals surface area contributed by atoms with E-state index >= 15 is 0 Å². The molecule has 0 radical (unpaired) electrons. The van der Waals surface area contributed by atoms with Crippen molar-refractivity contribution in [1.29, 1.82) is 0 Å². The summed E-state index contributed by atoms with van der Waals surface area (Å²) in [7, 11) is -3.58. The molecule has 3 heterocycles. The fourth-order valence-electron chi connectivity index (χ4n) is 3.78. The van der Waals surface area contributed by atoms with E-state index in [-0.39, 0.29) is 12.1 Å².